The van der Waals surface area contributed by atoms with E-state index in [0.29, 0.717) is 13.1 Å². The quantitative estimate of drug-likeness (QED) is 0.0351. The van der Waals surface area contributed by atoms with Crippen molar-refractivity contribution in [2.45, 2.75) is 194 Å². The second-order valence-electron chi connectivity index (χ2n) is 16.1. The van der Waals surface area contributed by atoms with E-state index >= 15 is 0 Å². The number of imide groups is 2. The van der Waals surface area contributed by atoms with E-state index in [1.165, 1.54) is 128 Å². The largest absolute Gasteiger partial charge is 0.444 e. The molecule has 0 N–H and O–H groups in total. The molecule has 0 bridgehead atoms. The summed E-state index contributed by atoms with van der Waals surface area (Å²) >= 11 is 0. The smallest absolute Gasteiger partial charge is 0.307 e. The van der Waals surface area contributed by atoms with Crippen LogP contribution in [0.15, 0.2) is 0 Å². The first-order chi connectivity index (χ1) is 27.2. The van der Waals surface area contributed by atoms with Crippen LogP contribution in [-0.2, 0) is 38.2 Å². The number of rotatable bonds is 35. The molecule has 12 heteroatoms. The summed E-state index contributed by atoms with van der Waals surface area (Å²) in [6.45, 7) is 4.23. The molecule has 0 saturated carbocycles. The van der Waals surface area contributed by atoms with E-state index in [-0.39, 0.29) is 52.5 Å². The van der Waals surface area contributed by atoms with Crippen molar-refractivity contribution in [1.82, 2.24) is 19.6 Å². The van der Waals surface area contributed by atoms with Crippen LogP contribution in [0.25, 0.3) is 0 Å². The fraction of sp³-hybridized carbons (Fsp3) is 0.864. The van der Waals surface area contributed by atoms with Gasteiger partial charge in [-0.25, -0.2) is 9.80 Å². The maximum Gasteiger partial charge on any atom is 0.307 e. The van der Waals surface area contributed by atoms with Gasteiger partial charge in [0.2, 0.25) is 23.6 Å². The van der Waals surface area contributed by atoms with Crippen LogP contribution in [0.5, 0.6) is 0 Å². The van der Waals surface area contributed by atoms with Gasteiger partial charge in [0, 0.05) is 25.9 Å². The number of esters is 2. The molecule has 2 aliphatic rings. The van der Waals surface area contributed by atoms with Crippen LogP contribution < -0.4 is 0 Å². The summed E-state index contributed by atoms with van der Waals surface area (Å²) in [5, 5.41) is 0. The molecule has 2 fully saturated rings. The summed E-state index contributed by atoms with van der Waals surface area (Å²) in [6.07, 6.45) is 32.2. The Labute approximate surface area is 339 Å². The Morgan fingerprint density at radius 1 is 0.393 bits per heavy atom. The lowest BCUT2D eigenvalue weighted by atomic mass is 10.0. The highest BCUT2D eigenvalue weighted by Crippen LogP contribution is 2.16. The molecule has 0 radical (unpaired) electrons. The molecule has 0 aliphatic carbocycles. The van der Waals surface area contributed by atoms with Gasteiger partial charge in [-0.1, -0.05) is 168 Å². The average molecular weight is 791 g/mol. The number of hydrogen-bond donors (Lipinski definition) is 0. The van der Waals surface area contributed by atoms with E-state index in [4.69, 9.17) is 9.47 Å². The maximum absolute atomic E-state index is 12.7. The van der Waals surface area contributed by atoms with Crippen molar-refractivity contribution in [3.05, 3.63) is 0 Å². The summed E-state index contributed by atoms with van der Waals surface area (Å²) in [5.41, 5.74) is 0. The Balaban J connectivity index is 1.49. The molecule has 0 aromatic rings. The minimum atomic E-state index is -0.451. The molecule has 2 aliphatic heterocycles. The van der Waals surface area contributed by atoms with Crippen LogP contribution in [0.3, 0.4) is 0 Å². The predicted octanol–water partition coefficient (Wildman–Crippen LogP) is 8.29. The fourth-order valence-corrected chi connectivity index (χ4v) is 7.38. The predicted molar refractivity (Wildman–Crippen MR) is 219 cm³/mol. The third-order valence-electron chi connectivity index (χ3n) is 11.1. The zero-order valence-corrected chi connectivity index (χ0v) is 35.5. The zero-order valence-electron chi connectivity index (χ0n) is 35.5. The lowest BCUT2D eigenvalue weighted by Crippen LogP contribution is -2.58. The Bertz CT molecular complexity index is 1010. The van der Waals surface area contributed by atoms with Crippen LogP contribution in [0.4, 0.5) is 0 Å². The number of carbonyl (C=O) groups excluding carboxylic acids is 6. The standard InChI is InChI=1S/C44H78N4O8/c1-3-5-7-9-11-13-15-17-19-21-23-25-27-29-43(53)55-37-47-39(49)33-45(34-40(47)50)31-32-46-35-41(51)48(42(52)36-46)38-56-44(54)30-28-26-24-22-20-18-16-14-12-10-8-6-4-2/h3-38H2,1-2H3. The molecular formula is C44H78N4O8. The number of piperazine rings is 2. The maximum atomic E-state index is 12.7. The first-order valence-corrected chi connectivity index (χ1v) is 22.7. The van der Waals surface area contributed by atoms with Crippen molar-refractivity contribution >= 4 is 35.6 Å². The molecule has 0 atom stereocenters. The van der Waals surface area contributed by atoms with Crippen LogP contribution >= 0.6 is 0 Å². The van der Waals surface area contributed by atoms with Crippen molar-refractivity contribution in [2.24, 2.45) is 0 Å². The minimum Gasteiger partial charge on any atom is -0.444 e. The van der Waals surface area contributed by atoms with Crippen LogP contribution in [0.2, 0.25) is 0 Å². The Hall–Kier alpha value is -2.86. The van der Waals surface area contributed by atoms with Gasteiger partial charge in [-0.3, -0.25) is 38.6 Å². The molecule has 0 unspecified atom stereocenters. The Morgan fingerprint density at radius 2 is 0.625 bits per heavy atom. The van der Waals surface area contributed by atoms with Gasteiger partial charge in [0.15, 0.2) is 13.5 Å². The molecule has 56 heavy (non-hydrogen) atoms. The van der Waals surface area contributed by atoms with Gasteiger partial charge in [-0.05, 0) is 12.8 Å². The second-order valence-corrected chi connectivity index (χ2v) is 16.1. The third-order valence-corrected chi connectivity index (χ3v) is 11.1. The lowest BCUT2D eigenvalue weighted by Gasteiger charge is -2.35. The van der Waals surface area contributed by atoms with Crippen LogP contribution in [0.1, 0.15) is 194 Å². The molecule has 2 heterocycles. The van der Waals surface area contributed by atoms with Gasteiger partial charge in [0.05, 0.1) is 26.2 Å². The van der Waals surface area contributed by atoms with E-state index in [9.17, 15) is 28.8 Å². The van der Waals surface area contributed by atoms with Gasteiger partial charge in [-0.15, -0.1) is 0 Å². The van der Waals surface area contributed by atoms with Gasteiger partial charge in [-0.2, -0.15) is 0 Å². The van der Waals surface area contributed by atoms with Crippen molar-refractivity contribution in [3.8, 4) is 0 Å². The Morgan fingerprint density at radius 3 is 0.875 bits per heavy atom. The SMILES string of the molecule is CCCCCCCCCCCCCCCC(=O)OCN1C(=O)CN(CCN2CC(=O)N(COC(=O)CCCCCCCCCCCCCCC)C(=O)C2)CC1=O. The first-order valence-electron chi connectivity index (χ1n) is 22.7. The topological polar surface area (TPSA) is 134 Å². The van der Waals surface area contributed by atoms with Gasteiger partial charge in [0.25, 0.3) is 0 Å². The van der Waals surface area contributed by atoms with Crippen molar-refractivity contribution in [1.29, 1.82) is 0 Å². The zero-order chi connectivity index (χ0) is 40.6. The number of nitrogens with zero attached hydrogens (tertiary/aromatic N) is 4. The number of unbranched alkanes of at least 4 members (excludes halogenated alkanes) is 24. The summed E-state index contributed by atoms with van der Waals surface area (Å²) in [4.78, 5) is 80.7. The summed E-state index contributed by atoms with van der Waals surface area (Å²) in [5.74, 6) is -2.62. The van der Waals surface area contributed by atoms with Crippen LogP contribution in [-0.4, -0.2) is 108 Å². The highest BCUT2D eigenvalue weighted by Gasteiger charge is 2.34. The molecule has 0 aromatic heterocycles. The van der Waals surface area contributed by atoms with Gasteiger partial charge in [0.1, 0.15) is 0 Å². The van der Waals surface area contributed by atoms with E-state index < -0.39 is 35.6 Å². The first kappa shape index (κ1) is 49.3. The normalized spacial score (nSPS) is 15.6. The van der Waals surface area contributed by atoms with Crippen molar-refractivity contribution < 1.29 is 38.2 Å². The highest BCUT2D eigenvalue weighted by atomic mass is 16.6. The second kappa shape index (κ2) is 32.1. The third kappa shape index (κ3) is 23.4. The number of hydrogen-bond acceptors (Lipinski definition) is 10. The van der Waals surface area contributed by atoms with Crippen LogP contribution in [0, 0.1) is 0 Å². The average Bonchev–Trinajstić information content (AvgIpc) is 3.17. The number of carbonyl (C=O) groups is 6. The lowest BCUT2D eigenvalue weighted by molar-refractivity contribution is -0.167. The summed E-state index contributed by atoms with van der Waals surface area (Å²) in [6, 6.07) is 0. The highest BCUT2D eigenvalue weighted by molar-refractivity contribution is 6.00. The number of amides is 4. The van der Waals surface area contributed by atoms with E-state index in [1.807, 2.05) is 0 Å². The van der Waals surface area contributed by atoms with E-state index in [2.05, 4.69) is 13.8 Å². The fourth-order valence-electron chi connectivity index (χ4n) is 7.38. The van der Waals surface area contributed by atoms with Crippen molar-refractivity contribution in [3.63, 3.8) is 0 Å². The molecule has 12 nitrogen and oxygen atoms in total. The Kier molecular flexibility index (Phi) is 28.3. The van der Waals surface area contributed by atoms with Gasteiger partial charge >= 0.3 is 11.9 Å². The molecule has 2 rings (SSSR count). The molecule has 0 spiro atoms. The molecular weight excluding hydrogens is 713 g/mol. The van der Waals surface area contributed by atoms with Crippen molar-refractivity contribution in [2.75, 3.05) is 52.7 Å². The summed E-state index contributed by atoms with van der Waals surface area (Å²) in [7, 11) is 0. The number of ether oxygens (including phenoxy) is 2. The summed E-state index contributed by atoms with van der Waals surface area (Å²) < 4.78 is 10.5. The van der Waals surface area contributed by atoms with Gasteiger partial charge < -0.3 is 9.47 Å². The van der Waals surface area contributed by atoms with E-state index in [1.54, 1.807) is 9.80 Å². The van der Waals surface area contributed by atoms with E-state index in [0.717, 1.165) is 48.3 Å². The molecule has 2 saturated heterocycles. The molecule has 4 amide bonds. The molecule has 322 valence electrons. The monoisotopic (exact) mass is 791 g/mol. The molecule has 0 aromatic carbocycles. The minimum absolute atomic E-state index is 0.0286.